The predicted molar refractivity (Wildman–Crippen MR) is 125 cm³/mol. The predicted octanol–water partition coefficient (Wildman–Crippen LogP) is 2.82. The number of nitrogens with one attached hydrogen (secondary N) is 1. The number of hydrogen-bond donors (Lipinski definition) is 2. The highest BCUT2D eigenvalue weighted by atomic mass is 16.6. The molecule has 36 heavy (non-hydrogen) atoms. The van der Waals surface area contributed by atoms with Crippen LogP contribution in [0, 0.1) is 10.1 Å². The third kappa shape index (κ3) is 2.65. The summed E-state index contributed by atoms with van der Waals surface area (Å²) in [7, 11) is 0. The molecule has 3 heterocycles. The quantitative estimate of drug-likeness (QED) is 0.331. The Morgan fingerprint density at radius 3 is 2.72 bits per heavy atom. The first-order valence-electron chi connectivity index (χ1n) is 11.2. The van der Waals surface area contributed by atoms with E-state index in [4.69, 9.17) is 4.74 Å². The number of nitro groups is 1. The zero-order chi connectivity index (χ0) is 25.4. The first-order valence-corrected chi connectivity index (χ1v) is 11.2. The number of carbonyl (C=O) groups is 2. The van der Waals surface area contributed by atoms with Crippen molar-refractivity contribution < 1.29 is 24.4 Å². The van der Waals surface area contributed by atoms with Gasteiger partial charge in [0.05, 0.1) is 4.92 Å². The van der Waals surface area contributed by atoms with Crippen molar-refractivity contribution in [3.63, 3.8) is 0 Å². The summed E-state index contributed by atoms with van der Waals surface area (Å²) in [6, 6.07) is 12.1. The second-order valence-corrected chi connectivity index (χ2v) is 9.10. The number of carbonyl (C=O) groups excluding carboxylic acids is 2. The third-order valence-corrected chi connectivity index (χ3v) is 6.78. The van der Waals surface area contributed by atoms with E-state index >= 15 is 0 Å². The summed E-state index contributed by atoms with van der Waals surface area (Å²) in [5, 5.41) is 30.6. The van der Waals surface area contributed by atoms with Crippen LogP contribution in [-0.2, 0) is 11.3 Å². The lowest BCUT2D eigenvalue weighted by molar-refractivity contribution is -0.385. The molecule has 2 atom stereocenters. The topological polar surface area (TPSA) is 149 Å². The SMILES string of the molecule is CC(C)c1ccc2c(c1)OC1(O)c3cccc([N+](=O)[O-])c3C(=O)C21NC(=O)c1cc2ncccn2n1. The van der Waals surface area contributed by atoms with E-state index in [0.29, 0.717) is 5.65 Å². The van der Waals surface area contributed by atoms with Gasteiger partial charge in [0.25, 0.3) is 17.4 Å². The number of aliphatic hydroxyl groups is 1. The molecule has 11 nitrogen and oxygen atoms in total. The van der Waals surface area contributed by atoms with E-state index in [2.05, 4.69) is 15.4 Å². The molecule has 180 valence electrons. The molecule has 0 radical (unpaired) electrons. The van der Waals surface area contributed by atoms with Crippen LogP contribution in [0.4, 0.5) is 5.69 Å². The first kappa shape index (κ1) is 21.9. The van der Waals surface area contributed by atoms with Gasteiger partial charge in [-0.3, -0.25) is 19.7 Å². The van der Waals surface area contributed by atoms with Crippen molar-refractivity contribution in [3.8, 4) is 5.75 Å². The van der Waals surface area contributed by atoms with E-state index < -0.39 is 33.6 Å². The van der Waals surface area contributed by atoms with Crippen LogP contribution in [0.15, 0.2) is 60.9 Å². The van der Waals surface area contributed by atoms with Gasteiger partial charge < -0.3 is 15.2 Å². The summed E-state index contributed by atoms with van der Waals surface area (Å²) in [6.07, 6.45) is 3.15. The van der Waals surface area contributed by atoms with Gasteiger partial charge in [-0.25, -0.2) is 9.50 Å². The van der Waals surface area contributed by atoms with Gasteiger partial charge in [0.15, 0.2) is 11.3 Å². The molecule has 2 N–H and O–H groups in total. The number of nitro benzene ring substituents is 1. The molecule has 0 spiro atoms. The van der Waals surface area contributed by atoms with Gasteiger partial charge in [-0.15, -0.1) is 0 Å². The lowest BCUT2D eigenvalue weighted by Gasteiger charge is -2.34. The van der Waals surface area contributed by atoms with E-state index in [-0.39, 0.29) is 34.1 Å². The van der Waals surface area contributed by atoms with Crippen LogP contribution in [0.2, 0.25) is 0 Å². The summed E-state index contributed by atoms with van der Waals surface area (Å²) in [6.45, 7) is 3.95. The minimum Gasteiger partial charge on any atom is -0.454 e. The molecule has 6 rings (SSSR count). The zero-order valence-electron chi connectivity index (χ0n) is 19.1. The van der Waals surface area contributed by atoms with Gasteiger partial charge in [-0.05, 0) is 23.6 Å². The van der Waals surface area contributed by atoms with Crippen molar-refractivity contribution in [2.75, 3.05) is 0 Å². The minimum atomic E-state index is -2.42. The fourth-order valence-corrected chi connectivity index (χ4v) is 5.03. The molecule has 0 fully saturated rings. The Balaban J connectivity index is 1.57. The summed E-state index contributed by atoms with van der Waals surface area (Å²) in [5.41, 5.74) is -1.66. The average Bonchev–Trinajstić information content (AvgIpc) is 3.45. The van der Waals surface area contributed by atoms with Crippen molar-refractivity contribution in [1.29, 1.82) is 0 Å². The molecule has 2 aromatic carbocycles. The van der Waals surface area contributed by atoms with Crippen LogP contribution in [0.3, 0.4) is 0 Å². The molecule has 11 heteroatoms. The lowest BCUT2D eigenvalue weighted by Crippen LogP contribution is -2.60. The van der Waals surface area contributed by atoms with Crippen LogP contribution in [0.1, 0.15) is 57.3 Å². The van der Waals surface area contributed by atoms with Crippen LogP contribution in [-0.4, -0.2) is 36.3 Å². The lowest BCUT2D eigenvalue weighted by atomic mass is 9.82. The Labute approximate surface area is 203 Å². The third-order valence-electron chi connectivity index (χ3n) is 6.78. The Bertz CT molecular complexity index is 1600. The Morgan fingerprint density at radius 2 is 2.00 bits per heavy atom. The Kier molecular flexibility index (Phi) is 4.36. The maximum Gasteiger partial charge on any atom is 0.280 e. The minimum absolute atomic E-state index is 0.0593. The van der Waals surface area contributed by atoms with E-state index in [1.807, 2.05) is 13.8 Å². The number of aromatic nitrogens is 3. The number of ketones is 1. The molecular weight excluding hydrogens is 466 g/mol. The van der Waals surface area contributed by atoms with Crippen molar-refractivity contribution in [2.45, 2.75) is 31.1 Å². The Hall–Kier alpha value is -4.64. The molecular formula is C25H19N5O6. The first-order chi connectivity index (χ1) is 17.2. The highest BCUT2D eigenvalue weighted by Crippen LogP contribution is 2.59. The van der Waals surface area contributed by atoms with Gasteiger partial charge in [-0.1, -0.05) is 38.1 Å². The molecule has 4 aromatic rings. The van der Waals surface area contributed by atoms with E-state index in [1.54, 1.807) is 36.7 Å². The van der Waals surface area contributed by atoms with Crippen LogP contribution >= 0.6 is 0 Å². The van der Waals surface area contributed by atoms with Crippen LogP contribution < -0.4 is 10.1 Å². The smallest absolute Gasteiger partial charge is 0.280 e. The van der Waals surface area contributed by atoms with Crippen molar-refractivity contribution in [2.24, 2.45) is 0 Å². The van der Waals surface area contributed by atoms with E-state index in [1.165, 1.54) is 28.8 Å². The van der Waals surface area contributed by atoms with Crippen molar-refractivity contribution in [1.82, 2.24) is 19.9 Å². The normalized spacial score (nSPS) is 21.7. The van der Waals surface area contributed by atoms with Crippen LogP contribution in [0.25, 0.3) is 5.65 Å². The summed E-state index contributed by atoms with van der Waals surface area (Å²) >= 11 is 0. The number of ether oxygens (including phenoxy) is 1. The maximum absolute atomic E-state index is 14.1. The van der Waals surface area contributed by atoms with E-state index in [0.717, 1.165) is 5.56 Å². The van der Waals surface area contributed by atoms with Gasteiger partial charge in [0, 0.05) is 35.7 Å². The molecule has 1 aliphatic heterocycles. The maximum atomic E-state index is 14.1. The summed E-state index contributed by atoms with van der Waals surface area (Å²) in [4.78, 5) is 42.7. The number of hydrogen-bond acceptors (Lipinski definition) is 8. The standard InChI is InChI=1S/C25H19N5O6/c1-13(2)14-7-8-15-19(11-14)36-25(33)16-5-3-6-18(30(34)35)21(16)22(31)24(15,25)27-23(32)17-12-20-26-9-4-10-29(20)28-17/h3-13,33H,1-2H3,(H,27,32). The van der Waals surface area contributed by atoms with Crippen LogP contribution in [0.5, 0.6) is 5.75 Å². The summed E-state index contributed by atoms with van der Waals surface area (Å²) in [5.74, 6) is -3.73. The second-order valence-electron chi connectivity index (χ2n) is 9.10. The van der Waals surface area contributed by atoms with Gasteiger partial charge >= 0.3 is 0 Å². The highest BCUT2D eigenvalue weighted by Gasteiger charge is 2.73. The number of amides is 1. The fourth-order valence-electron chi connectivity index (χ4n) is 5.03. The van der Waals surface area contributed by atoms with Gasteiger partial charge in [0.1, 0.15) is 11.3 Å². The Morgan fingerprint density at radius 1 is 1.19 bits per heavy atom. The molecule has 2 aromatic heterocycles. The molecule has 1 amide bonds. The number of benzene rings is 2. The second kappa shape index (κ2) is 7.18. The zero-order valence-corrected chi connectivity index (χ0v) is 19.1. The molecule has 0 saturated carbocycles. The van der Waals surface area contributed by atoms with Gasteiger partial charge in [0.2, 0.25) is 11.3 Å². The molecule has 1 aliphatic carbocycles. The monoisotopic (exact) mass is 485 g/mol. The van der Waals surface area contributed by atoms with Crippen molar-refractivity contribution in [3.05, 3.63) is 99.0 Å². The highest BCUT2D eigenvalue weighted by molar-refractivity contribution is 6.15. The number of nitrogens with zero attached hydrogens (tertiary/aromatic N) is 4. The van der Waals surface area contributed by atoms with E-state index in [9.17, 15) is 24.8 Å². The van der Waals surface area contributed by atoms with Gasteiger partial charge in [-0.2, -0.15) is 5.10 Å². The molecule has 2 aliphatic rings. The largest absolute Gasteiger partial charge is 0.454 e. The number of rotatable bonds is 4. The van der Waals surface area contributed by atoms with Crippen molar-refractivity contribution >= 4 is 23.0 Å². The number of Topliss-reactive ketones (excluding diaryl/α,β-unsaturated/α-hetero) is 1. The molecule has 2 unspecified atom stereocenters. The fraction of sp³-hybridized carbons (Fsp3) is 0.200. The summed E-state index contributed by atoms with van der Waals surface area (Å²) < 4.78 is 7.39. The average molecular weight is 485 g/mol. The number of fused-ring (bicyclic) bond motifs is 6. The molecule has 0 bridgehead atoms. The molecule has 0 saturated heterocycles.